The van der Waals surface area contributed by atoms with Crippen LogP contribution in [-0.4, -0.2) is 17.8 Å². The first-order valence-corrected chi connectivity index (χ1v) is 12.6. The summed E-state index contributed by atoms with van der Waals surface area (Å²) >= 11 is 5.90. The number of carbonyl (C=O) groups excluding carboxylic acids is 3. The van der Waals surface area contributed by atoms with E-state index >= 15 is 0 Å². The number of nitrogens with zero attached hydrogens (tertiary/aromatic N) is 1. The molecule has 1 aliphatic heterocycles. The highest BCUT2D eigenvalue weighted by atomic mass is 35.5. The topological polar surface area (TPSA) is 84.9 Å². The summed E-state index contributed by atoms with van der Waals surface area (Å²) in [5.41, 5.74) is 2.39. The molecule has 1 heterocycles. The number of benzene rings is 4. The molecule has 4 amide bonds. The number of halogens is 2. The predicted molar refractivity (Wildman–Crippen MR) is 148 cm³/mol. The maximum atomic E-state index is 13.2. The first-order chi connectivity index (χ1) is 19.4. The molecule has 0 unspecified atom stereocenters. The lowest BCUT2D eigenvalue weighted by Crippen LogP contribution is -2.54. The molecule has 40 heavy (non-hydrogen) atoms. The van der Waals surface area contributed by atoms with Gasteiger partial charge in [0, 0.05) is 5.02 Å². The normalized spacial score (nSPS) is 14.3. The van der Waals surface area contributed by atoms with Crippen molar-refractivity contribution in [3.05, 3.63) is 130 Å². The Bertz CT molecular complexity index is 1570. The first-order valence-electron chi connectivity index (χ1n) is 12.2. The second-order valence-electron chi connectivity index (χ2n) is 8.85. The van der Waals surface area contributed by atoms with Crippen LogP contribution in [0.3, 0.4) is 0 Å². The summed E-state index contributed by atoms with van der Waals surface area (Å²) in [5.74, 6) is -0.761. The zero-order valence-electron chi connectivity index (χ0n) is 21.0. The fourth-order valence-corrected chi connectivity index (χ4v) is 4.03. The number of anilines is 1. The lowest BCUT2D eigenvalue weighted by molar-refractivity contribution is -0.122. The van der Waals surface area contributed by atoms with Crippen molar-refractivity contribution in [2.24, 2.45) is 0 Å². The number of rotatable bonds is 8. The van der Waals surface area contributed by atoms with Crippen molar-refractivity contribution in [3.63, 3.8) is 0 Å². The molecule has 200 valence electrons. The maximum Gasteiger partial charge on any atom is 0.335 e. The molecule has 1 N–H and O–H groups in total. The number of nitrogens with one attached hydrogen (secondary N) is 1. The van der Waals surface area contributed by atoms with Crippen molar-refractivity contribution >= 4 is 41.2 Å². The minimum Gasteiger partial charge on any atom is -0.489 e. The molecule has 0 radical (unpaired) electrons. The molecule has 0 atom stereocenters. The van der Waals surface area contributed by atoms with Gasteiger partial charge in [-0.2, -0.15) is 0 Å². The molecule has 0 aromatic heterocycles. The van der Waals surface area contributed by atoms with Gasteiger partial charge >= 0.3 is 6.03 Å². The lowest BCUT2D eigenvalue weighted by Gasteiger charge is -2.26. The minimum absolute atomic E-state index is 0.192. The standard InChI is InChI=1S/C31H22ClFN2O5/c32-23-7-1-21(2-8-23)18-40-27-15-11-25(12-16-27)35-30(37)28(29(36)34-31(35)38)17-20-5-13-26(14-6-20)39-19-22-3-9-24(33)10-4-22/h1-17H,18-19H2,(H,34,36,38)/b28-17+. The number of barbiturate groups is 1. The van der Waals surface area contributed by atoms with Gasteiger partial charge in [-0.05, 0) is 83.4 Å². The smallest absolute Gasteiger partial charge is 0.335 e. The molecule has 0 aliphatic carbocycles. The molecule has 0 spiro atoms. The van der Waals surface area contributed by atoms with Gasteiger partial charge in [0.05, 0.1) is 5.69 Å². The molecule has 0 bridgehead atoms. The van der Waals surface area contributed by atoms with Crippen LogP contribution in [0.25, 0.3) is 6.08 Å². The van der Waals surface area contributed by atoms with E-state index in [9.17, 15) is 18.8 Å². The van der Waals surface area contributed by atoms with E-state index in [1.807, 2.05) is 12.1 Å². The molecule has 1 saturated heterocycles. The predicted octanol–water partition coefficient (Wildman–Crippen LogP) is 6.30. The largest absolute Gasteiger partial charge is 0.489 e. The second kappa shape index (κ2) is 11.8. The number of amides is 4. The molecule has 9 heteroatoms. The Balaban J connectivity index is 1.25. The summed E-state index contributed by atoms with van der Waals surface area (Å²) in [5, 5.41) is 2.85. The van der Waals surface area contributed by atoms with Crippen LogP contribution < -0.4 is 19.7 Å². The van der Waals surface area contributed by atoms with E-state index in [1.54, 1.807) is 72.8 Å². The molecule has 4 aromatic rings. The molecule has 4 aromatic carbocycles. The van der Waals surface area contributed by atoms with Crippen LogP contribution in [0, 0.1) is 5.82 Å². The number of imide groups is 2. The summed E-state index contributed by atoms with van der Waals surface area (Å²) in [7, 11) is 0. The summed E-state index contributed by atoms with van der Waals surface area (Å²) < 4.78 is 24.5. The van der Waals surface area contributed by atoms with Crippen molar-refractivity contribution in [1.82, 2.24) is 5.32 Å². The van der Waals surface area contributed by atoms with Crippen molar-refractivity contribution in [3.8, 4) is 11.5 Å². The molecule has 7 nitrogen and oxygen atoms in total. The van der Waals surface area contributed by atoms with E-state index in [0.717, 1.165) is 16.0 Å². The molecule has 5 rings (SSSR count). The van der Waals surface area contributed by atoms with Gasteiger partial charge in [-0.1, -0.05) is 48.0 Å². The van der Waals surface area contributed by atoms with Crippen LogP contribution in [0.2, 0.25) is 5.02 Å². The molecule has 0 saturated carbocycles. The highest BCUT2D eigenvalue weighted by molar-refractivity contribution is 6.39. The number of carbonyl (C=O) groups is 3. The maximum absolute atomic E-state index is 13.2. The van der Waals surface area contributed by atoms with Crippen molar-refractivity contribution in [2.45, 2.75) is 13.2 Å². The zero-order valence-corrected chi connectivity index (χ0v) is 21.7. The van der Waals surface area contributed by atoms with E-state index in [2.05, 4.69) is 5.32 Å². The summed E-state index contributed by atoms with van der Waals surface area (Å²) in [6, 6.07) is 25.5. The summed E-state index contributed by atoms with van der Waals surface area (Å²) in [6.07, 6.45) is 1.41. The average molecular weight is 557 g/mol. The Morgan fingerprint density at radius 1 is 0.725 bits per heavy atom. The number of hydrogen-bond donors (Lipinski definition) is 1. The Morgan fingerprint density at radius 2 is 1.25 bits per heavy atom. The summed E-state index contributed by atoms with van der Waals surface area (Å²) in [4.78, 5) is 39.2. The third-order valence-corrected chi connectivity index (χ3v) is 6.28. The molecule has 1 aliphatic rings. The van der Waals surface area contributed by atoms with Gasteiger partial charge in [-0.3, -0.25) is 14.9 Å². The minimum atomic E-state index is -0.841. The Morgan fingerprint density at radius 3 is 1.82 bits per heavy atom. The van der Waals surface area contributed by atoms with Crippen LogP contribution in [0.4, 0.5) is 14.9 Å². The van der Waals surface area contributed by atoms with Crippen molar-refractivity contribution < 1.29 is 28.2 Å². The van der Waals surface area contributed by atoms with Gasteiger partial charge in [0.25, 0.3) is 11.8 Å². The SMILES string of the molecule is O=C1NC(=O)N(c2ccc(OCc3ccc(Cl)cc3)cc2)C(=O)/C1=C/c1ccc(OCc2ccc(F)cc2)cc1. The zero-order chi connectivity index (χ0) is 28.1. The van der Waals surface area contributed by atoms with Gasteiger partial charge in [0.1, 0.15) is 36.1 Å². The van der Waals surface area contributed by atoms with Crippen molar-refractivity contribution in [1.29, 1.82) is 0 Å². The van der Waals surface area contributed by atoms with Gasteiger partial charge in [0.15, 0.2) is 0 Å². The van der Waals surface area contributed by atoms with E-state index in [4.69, 9.17) is 21.1 Å². The Kier molecular flexibility index (Phi) is 7.89. The Hall–Kier alpha value is -4.95. The first kappa shape index (κ1) is 26.6. The molecular formula is C31H22ClFN2O5. The highest BCUT2D eigenvalue weighted by Gasteiger charge is 2.36. The van der Waals surface area contributed by atoms with Crippen LogP contribution in [0.5, 0.6) is 11.5 Å². The molecular weight excluding hydrogens is 535 g/mol. The van der Waals surface area contributed by atoms with Gasteiger partial charge in [-0.25, -0.2) is 14.1 Å². The third kappa shape index (κ3) is 6.36. The highest BCUT2D eigenvalue weighted by Crippen LogP contribution is 2.25. The second-order valence-corrected chi connectivity index (χ2v) is 9.29. The number of urea groups is 1. The van der Waals surface area contributed by atoms with E-state index in [1.165, 1.54) is 18.2 Å². The van der Waals surface area contributed by atoms with Crippen molar-refractivity contribution in [2.75, 3.05) is 4.90 Å². The van der Waals surface area contributed by atoms with Gasteiger partial charge in [0.2, 0.25) is 0 Å². The molecule has 1 fully saturated rings. The average Bonchev–Trinajstić information content (AvgIpc) is 2.96. The van der Waals surface area contributed by atoms with E-state index in [0.29, 0.717) is 28.7 Å². The van der Waals surface area contributed by atoms with E-state index in [-0.39, 0.29) is 23.7 Å². The Labute approximate surface area is 234 Å². The van der Waals surface area contributed by atoms with Gasteiger partial charge < -0.3 is 9.47 Å². The van der Waals surface area contributed by atoms with Gasteiger partial charge in [-0.15, -0.1) is 0 Å². The summed E-state index contributed by atoms with van der Waals surface area (Å²) in [6.45, 7) is 0.570. The van der Waals surface area contributed by atoms with E-state index < -0.39 is 17.8 Å². The van der Waals surface area contributed by atoms with Crippen LogP contribution in [-0.2, 0) is 22.8 Å². The fourth-order valence-electron chi connectivity index (χ4n) is 3.90. The van der Waals surface area contributed by atoms with Crippen LogP contribution in [0.15, 0.2) is 103 Å². The third-order valence-electron chi connectivity index (χ3n) is 6.03. The number of hydrogen-bond acceptors (Lipinski definition) is 5. The quantitative estimate of drug-likeness (QED) is 0.203. The van der Waals surface area contributed by atoms with Crippen LogP contribution >= 0.6 is 11.6 Å². The lowest BCUT2D eigenvalue weighted by atomic mass is 10.1. The van der Waals surface area contributed by atoms with Crippen LogP contribution in [0.1, 0.15) is 16.7 Å². The fraction of sp³-hybridized carbons (Fsp3) is 0.0645. The monoisotopic (exact) mass is 556 g/mol. The number of ether oxygens (including phenoxy) is 2.